The Bertz CT molecular complexity index is 414. The first-order chi connectivity index (χ1) is 9.68. The van der Waals surface area contributed by atoms with Gasteiger partial charge in [0.2, 0.25) is 0 Å². The summed E-state index contributed by atoms with van der Waals surface area (Å²) >= 11 is 0. The molecule has 1 aromatic rings. The second-order valence-corrected chi connectivity index (χ2v) is 6.54. The monoisotopic (exact) mass is 301 g/mol. The van der Waals surface area contributed by atoms with Gasteiger partial charge in [-0.25, -0.2) is 0 Å². The van der Waals surface area contributed by atoms with E-state index in [0.717, 1.165) is 18.9 Å². The summed E-state index contributed by atoms with van der Waals surface area (Å²) in [6.07, 6.45) is -2.19. The van der Waals surface area contributed by atoms with E-state index < -0.39 is 11.7 Å². The molecule has 0 aliphatic rings. The van der Waals surface area contributed by atoms with Gasteiger partial charge in [-0.1, -0.05) is 45.9 Å². The van der Waals surface area contributed by atoms with Crippen LogP contribution < -0.4 is 5.32 Å². The molecule has 1 rings (SSSR count). The average molecular weight is 301 g/mol. The highest BCUT2D eigenvalue weighted by Gasteiger charge is 2.30. The van der Waals surface area contributed by atoms with Crippen molar-refractivity contribution in [2.75, 3.05) is 0 Å². The highest BCUT2D eigenvalue weighted by atomic mass is 19.4. The maximum atomic E-state index is 12.7. The van der Waals surface area contributed by atoms with E-state index in [2.05, 4.69) is 33.0 Å². The predicted octanol–water partition coefficient (Wildman–Crippen LogP) is 5.26. The van der Waals surface area contributed by atoms with E-state index in [1.54, 1.807) is 6.07 Å². The first-order valence-corrected chi connectivity index (χ1v) is 7.58. The van der Waals surface area contributed by atoms with Gasteiger partial charge in [-0.05, 0) is 36.3 Å². The number of hydrogen-bond acceptors (Lipinski definition) is 1. The third-order valence-corrected chi connectivity index (χ3v) is 3.36. The molecule has 120 valence electrons. The maximum Gasteiger partial charge on any atom is 0.416 e. The van der Waals surface area contributed by atoms with Gasteiger partial charge in [0.1, 0.15) is 0 Å². The molecular formula is C17H26F3N. The van der Waals surface area contributed by atoms with Crippen molar-refractivity contribution >= 4 is 0 Å². The van der Waals surface area contributed by atoms with Gasteiger partial charge in [0, 0.05) is 12.6 Å². The molecule has 0 aromatic heterocycles. The van der Waals surface area contributed by atoms with Gasteiger partial charge in [0.25, 0.3) is 0 Å². The third-order valence-electron chi connectivity index (χ3n) is 3.36. The van der Waals surface area contributed by atoms with Crippen molar-refractivity contribution in [3.63, 3.8) is 0 Å². The Hall–Kier alpha value is -1.03. The van der Waals surface area contributed by atoms with Crippen LogP contribution in [0.25, 0.3) is 0 Å². The fourth-order valence-electron chi connectivity index (χ4n) is 2.52. The lowest BCUT2D eigenvalue weighted by atomic mass is 9.95. The zero-order valence-corrected chi connectivity index (χ0v) is 13.3. The van der Waals surface area contributed by atoms with Gasteiger partial charge in [-0.3, -0.25) is 0 Å². The van der Waals surface area contributed by atoms with E-state index in [0.29, 0.717) is 30.0 Å². The Morgan fingerprint density at radius 2 is 1.57 bits per heavy atom. The van der Waals surface area contributed by atoms with Gasteiger partial charge in [0.05, 0.1) is 5.56 Å². The number of hydrogen-bond donors (Lipinski definition) is 1. The molecule has 4 heteroatoms. The lowest BCUT2D eigenvalue weighted by molar-refractivity contribution is -0.137. The van der Waals surface area contributed by atoms with Crippen molar-refractivity contribution < 1.29 is 13.2 Å². The molecule has 0 amide bonds. The fourth-order valence-corrected chi connectivity index (χ4v) is 2.52. The van der Waals surface area contributed by atoms with Crippen LogP contribution in [-0.4, -0.2) is 6.04 Å². The summed E-state index contributed by atoms with van der Waals surface area (Å²) in [4.78, 5) is 0. The largest absolute Gasteiger partial charge is 0.416 e. The summed E-state index contributed by atoms with van der Waals surface area (Å²) in [5.41, 5.74) is 0.105. The van der Waals surface area contributed by atoms with E-state index in [9.17, 15) is 13.2 Å². The Balaban J connectivity index is 2.67. The van der Waals surface area contributed by atoms with E-state index in [4.69, 9.17) is 0 Å². The molecule has 0 spiro atoms. The highest BCUT2D eigenvalue weighted by molar-refractivity contribution is 5.25. The van der Waals surface area contributed by atoms with Crippen LogP contribution in [0.4, 0.5) is 13.2 Å². The van der Waals surface area contributed by atoms with Crippen molar-refractivity contribution in [3.05, 3.63) is 35.4 Å². The highest BCUT2D eigenvalue weighted by Crippen LogP contribution is 2.29. The van der Waals surface area contributed by atoms with Crippen LogP contribution in [0.5, 0.6) is 0 Å². The van der Waals surface area contributed by atoms with E-state index in [-0.39, 0.29) is 0 Å². The number of benzene rings is 1. The minimum Gasteiger partial charge on any atom is -0.310 e. The summed E-state index contributed by atoms with van der Waals surface area (Å²) in [5, 5.41) is 3.41. The lowest BCUT2D eigenvalue weighted by Gasteiger charge is -2.22. The third kappa shape index (κ3) is 6.98. The molecule has 0 aliphatic heterocycles. The van der Waals surface area contributed by atoms with Crippen molar-refractivity contribution in [2.45, 2.75) is 59.3 Å². The smallest absolute Gasteiger partial charge is 0.310 e. The molecule has 0 saturated carbocycles. The molecule has 1 nitrogen and oxygen atoms in total. The Morgan fingerprint density at radius 1 is 1.00 bits per heavy atom. The summed E-state index contributed by atoms with van der Waals surface area (Å²) < 4.78 is 38.1. The van der Waals surface area contributed by atoms with Gasteiger partial charge in [-0.15, -0.1) is 0 Å². The summed E-state index contributed by atoms with van der Waals surface area (Å²) in [7, 11) is 0. The van der Waals surface area contributed by atoms with E-state index >= 15 is 0 Å². The topological polar surface area (TPSA) is 12.0 Å². The summed E-state index contributed by atoms with van der Waals surface area (Å²) in [6, 6.07) is 5.90. The van der Waals surface area contributed by atoms with Crippen molar-refractivity contribution in [1.82, 2.24) is 5.32 Å². The number of rotatable bonds is 7. The van der Waals surface area contributed by atoms with Gasteiger partial charge >= 0.3 is 6.18 Å². The first-order valence-electron chi connectivity index (χ1n) is 7.58. The molecule has 0 fully saturated rings. The zero-order chi connectivity index (χ0) is 16.0. The van der Waals surface area contributed by atoms with Crippen molar-refractivity contribution in [3.8, 4) is 0 Å². The average Bonchev–Trinajstić information content (AvgIpc) is 2.34. The minimum absolute atomic E-state index is 0.347. The second-order valence-electron chi connectivity index (χ2n) is 6.54. The number of halogens is 3. The number of alkyl halides is 3. The van der Waals surface area contributed by atoms with Crippen molar-refractivity contribution in [1.29, 1.82) is 0 Å². The van der Waals surface area contributed by atoms with Gasteiger partial charge in [0.15, 0.2) is 0 Å². The summed E-state index contributed by atoms with van der Waals surface area (Å²) in [6.45, 7) is 9.14. The van der Waals surface area contributed by atoms with Gasteiger partial charge in [-0.2, -0.15) is 13.2 Å². The predicted molar refractivity (Wildman–Crippen MR) is 81.0 cm³/mol. The molecule has 0 unspecified atom stereocenters. The van der Waals surface area contributed by atoms with E-state index in [1.165, 1.54) is 12.1 Å². The zero-order valence-electron chi connectivity index (χ0n) is 13.3. The standard InChI is InChI=1S/C17H26F3N/c1-12(2)8-16(9-13(3)4)21-11-14-6-5-7-15(10-14)17(18,19)20/h5-7,10,12-13,16,21H,8-9,11H2,1-4H3. The molecule has 0 aliphatic carbocycles. The molecule has 0 atom stereocenters. The molecule has 1 aromatic carbocycles. The molecular weight excluding hydrogens is 275 g/mol. The second kappa shape index (κ2) is 7.83. The first kappa shape index (κ1) is 18.0. The van der Waals surface area contributed by atoms with E-state index in [1.807, 2.05) is 0 Å². The number of nitrogens with one attached hydrogen (secondary N) is 1. The Morgan fingerprint density at radius 3 is 2.05 bits per heavy atom. The lowest BCUT2D eigenvalue weighted by Crippen LogP contribution is -2.31. The van der Waals surface area contributed by atoms with Crippen LogP contribution in [0.15, 0.2) is 24.3 Å². The molecule has 0 bridgehead atoms. The Kier molecular flexibility index (Phi) is 6.72. The fraction of sp³-hybridized carbons (Fsp3) is 0.647. The van der Waals surface area contributed by atoms with Crippen LogP contribution in [0.2, 0.25) is 0 Å². The molecule has 21 heavy (non-hydrogen) atoms. The van der Waals surface area contributed by atoms with Crippen LogP contribution in [0.3, 0.4) is 0 Å². The van der Waals surface area contributed by atoms with Crippen molar-refractivity contribution in [2.24, 2.45) is 11.8 Å². The SMILES string of the molecule is CC(C)CC(CC(C)C)NCc1cccc(C(F)(F)F)c1. The van der Waals surface area contributed by atoms with Crippen LogP contribution in [-0.2, 0) is 12.7 Å². The molecule has 0 saturated heterocycles. The summed E-state index contributed by atoms with van der Waals surface area (Å²) in [5.74, 6) is 1.14. The van der Waals surface area contributed by atoms with Crippen LogP contribution >= 0.6 is 0 Å². The maximum absolute atomic E-state index is 12.7. The van der Waals surface area contributed by atoms with Crippen LogP contribution in [0, 0.1) is 11.8 Å². The molecule has 1 N–H and O–H groups in total. The molecule has 0 radical (unpaired) electrons. The van der Waals surface area contributed by atoms with Crippen LogP contribution in [0.1, 0.15) is 51.7 Å². The minimum atomic E-state index is -4.27. The Labute approximate surface area is 125 Å². The normalized spacial score (nSPS) is 12.7. The molecule has 0 heterocycles. The quantitative estimate of drug-likeness (QED) is 0.724. The van der Waals surface area contributed by atoms with Gasteiger partial charge < -0.3 is 5.32 Å².